The summed E-state index contributed by atoms with van der Waals surface area (Å²) in [5.41, 5.74) is 0.909. The van der Waals surface area contributed by atoms with E-state index in [2.05, 4.69) is 4.98 Å². The van der Waals surface area contributed by atoms with Crippen LogP contribution in [0.3, 0.4) is 0 Å². The summed E-state index contributed by atoms with van der Waals surface area (Å²) in [6, 6.07) is 3.40. The van der Waals surface area contributed by atoms with Crippen molar-refractivity contribution in [1.82, 2.24) is 9.88 Å². The average molecular weight is 334 g/mol. The van der Waals surface area contributed by atoms with Crippen molar-refractivity contribution in [2.24, 2.45) is 5.41 Å². The van der Waals surface area contributed by atoms with Gasteiger partial charge < -0.3 is 19.4 Å². The number of hydrogen-bond acceptors (Lipinski definition) is 4. The maximum atomic E-state index is 12.6. The van der Waals surface area contributed by atoms with Crippen LogP contribution in [-0.2, 0) is 9.47 Å². The molecule has 2 heterocycles. The van der Waals surface area contributed by atoms with Gasteiger partial charge in [0.05, 0.1) is 19.3 Å². The monoisotopic (exact) mass is 334 g/mol. The Hall–Kier alpha value is -1.66. The van der Waals surface area contributed by atoms with Crippen LogP contribution >= 0.6 is 0 Å². The number of aromatic amines is 1. The van der Waals surface area contributed by atoms with E-state index >= 15 is 0 Å². The molecular formula is C18H26N2O4. The van der Waals surface area contributed by atoms with E-state index in [1.54, 1.807) is 31.1 Å². The fourth-order valence-corrected chi connectivity index (χ4v) is 3.84. The van der Waals surface area contributed by atoms with E-state index in [1.165, 1.54) is 0 Å². The van der Waals surface area contributed by atoms with Gasteiger partial charge in [0.1, 0.15) is 5.56 Å². The third kappa shape index (κ3) is 3.26. The Balaban J connectivity index is 1.59. The summed E-state index contributed by atoms with van der Waals surface area (Å²) in [7, 11) is 1.68. The number of ether oxygens (including phenoxy) is 2. The Morgan fingerprint density at radius 3 is 2.62 bits per heavy atom. The predicted molar refractivity (Wildman–Crippen MR) is 90.2 cm³/mol. The first kappa shape index (κ1) is 17.2. The highest BCUT2D eigenvalue weighted by molar-refractivity contribution is 5.93. The van der Waals surface area contributed by atoms with Crippen molar-refractivity contribution in [3.8, 4) is 0 Å². The Labute approximate surface area is 142 Å². The Kier molecular flexibility index (Phi) is 5.06. The van der Waals surface area contributed by atoms with Gasteiger partial charge in [0.2, 0.25) is 0 Å². The van der Waals surface area contributed by atoms with Gasteiger partial charge in [0.25, 0.3) is 11.5 Å². The second kappa shape index (κ2) is 7.07. The molecular weight excluding hydrogens is 308 g/mol. The number of H-pyrrole nitrogens is 1. The van der Waals surface area contributed by atoms with Crippen LogP contribution in [0, 0.1) is 12.3 Å². The average Bonchev–Trinajstić information content (AvgIpc) is 2.57. The highest BCUT2D eigenvalue weighted by Gasteiger charge is 2.49. The SMILES string of the molecule is COCCOC1CCC12CCN(C(=O)c1ccc(C)[nH]c1=O)CC2. The molecule has 132 valence electrons. The largest absolute Gasteiger partial charge is 0.382 e. The lowest BCUT2D eigenvalue weighted by atomic mass is 9.60. The first-order valence-corrected chi connectivity index (χ1v) is 8.65. The van der Waals surface area contributed by atoms with Crippen molar-refractivity contribution in [3.05, 3.63) is 33.7 Å². The molecule has 1 aliphatic heterocycles. The molecule has 1 aliphatic carbocycles. The normalized spacial score (nSPS) is 22.4. The quantitative estimate of drug-likeness (QED) is 0.833. The molecule has 1 amide bonds. The van der Waals surface area contributed by atoms with Crippen LogP contribution in [0.4, 0.5) is 0 Å². The van der Waals surface area contributed by atoms with E-state index < -0.39 is 0 Å². The second-order valence-corrected chi connectivity index (χ2v) is 6.93. The lowest BCUT2D eigenvalue weighted by molar-refractivity contribution is -0.139. The van der Waals surface area contributed by atoms with Crippen LogP contribution in [0.15, 0.2) is 16.9 Å². The fraction of sp³-hybridized carbons (Fsp3) is 0.667. The highest BCUT2D eigenvalue weighted by Crippen LogP contribution is 2.50. The van der Waals surface area contributed by atoms with Crippen LogP contribution < -0.4 is 5.56 Å². The topological polar surface area (TPSA) is 71.6 Å². The Bertz CT molecular complexity index is 647. The molecule has 1 atom stereocenters. The number of carbonyl (C=O) groups is 1. The first-order valence-electron chi connectivity index (χ1n) is 8.65. The number of aryl methyl sites for hydroxylation is 1. The number of hydrogen-bond donors (Lipinski definition) is 1. The molecule has 6 nitrogen and oxygen atoms in total. The number of rotatable bonds is 5. The van der Waals surface area contributed by atoms with Crippen LogP contribution in [0.25, 0.3) is 0 Å². The zero-order valence-electron chi connectivity index (χ0n) is 14.5. The number of aromatic nitrogens is 1. The van der Waals surface area contributed by atoms with Gasteiger partial charge in [-0.05, 0) is 44.7 Å². The number of methoxy groups -OCH3 is 1. The summed E-state index contributed by atoms with van der Waals surface area (Å²) < 4.78 is 11.0. The van der Waals surface area contributed by atoms with Crippen molar-refractivity contribution in [2.75, 3.05) is 33.4 Å². The van der Waals surface area contributed by atoms with Crippen LogP contribution in [0.5, 0.6) is 0 Å². The number of piperidine rings is 1. The number of pyridine rings is 1. The summed E-state index contributed by atoms with van der Waals surface area (Å²) in [5, 5.41) is 0. The summed E-state index contributed by atoms with van der Waals surface area (Å²) in [6.45, 7) is 4.44. The van der Waals surface area contributed by atoms with Crippen LogP contribution in [0.2, 0.25) is 0 Å². The molecule has 1 saturated carbocycles. The Morgan fingerprint density at radius 1 is 1.29 bits per heavy atom. The van der Waals surface area contributed by atoms with Crippen LogP contribution in [-0.4, -0.2) is 55.3 Å². The highest BCUT2D eigenvalue weighted by atomic mass is 16.5. The summed E-state index contributed by atoms with van der Waals surface area (Å²) >= 11 is 0. The molecule has 2 aliphatic rings. The zero-order valence-corrected chi connectivity index (χ0v) is 14.5. The van der Waals surface area contributed by atoms with Gasteiger partial charge in [-0.1, -0.05) is 0 Å². The lowest BCUT2D eigenvalue weighted by Gasteiger charge is -2.53. The molecule has 2 fully saturated rings. The van der Waals surface area contributed by atoms with Gasteiger partial charge >= 0.3 is 0 Å². The molecule has 1 aromatic rings. The predicted octanol–water partition coefficient (Wildman–Crippen LogP) is 1.73. The molecule has 1 aromatic heterocycles. The maximum absolute atomic E-state index is 12.6. The van der Waals surface area contributed by atoms with Crippen molar-refractivity contribution in [1.29, 1.82) is 0 Å². The van der Waals surface area contributed by atoms with Gasteiger partial charge in [-0.3, -0.25) is 9.59 Å². The van der Waals surface area contributed by atoms with Gasteiger partial charge in [0, 0.05) is 31.3 Å². The molecule has 1 saturated heterocycles. The molecule has 1 unspecified atom stereocenters. The van der Waals surface area contributed by atoms with Crippen molar-refractivity contribution >= 4 is 5.91 Å². The molecule has 1 N–H and O–H groups in total. The first-order chi connectivity index (χ1) is 11.6. The molecule has 6 heteroatoms. The van der Waals surface area contributed by atoms with Gasteiger partial charge in [-0.25, -0.2) is 0 Å². The minimum absolute atomic E-state index is 0.165. The number of carbonyl (C=O) groups excluding carboxylic acids is 1. The van der Waals surface area contributed by atoms with E-state index in [9.17, 15) is 9.59 Å². The zero-order chi connectivity index (χ0) is 17.2. The molecule has 3 rings (SSSR count). The van der Waals surface area contributed by atoms with E-state index in [0.717, 1.165) is 31.4 Å². The third-order valence-electron chi connectivity index (χ3n) is 5.53. The standard InChI is InChI=1S/C18H26N2O4/c1-13-3-4-14(16(21)19-13)17(22)20-9-7-18(8-10-20)6-5-15(18)24-12-11-23-2/h3-4,15H,5-12H2,1-2H3,(H,19,21). The van der Waals surface area contributed by atoms with Gasteiger partial charge in [0.15, 0.2) is 0 Å². The summed E-state index contributed by atoms with van der Waals surface area (Å²) in [4.78, 5) is 29.1. The molecule has 1 spiro atoms. The molecule has 0 aromatic carbocycles. The number of nitrogens with one attached hydrogen (secondary N) is 1. The van der Waals surface area contributed by atoms with Crippen molar-refractivity contribution in [3.63, 3.8) is 0 Å². The second-order valence-electron chi connectivity index (χ2n) is 6.93. The van der Waals surface area contributed by atoms with Gasteiger partial charge in [-0.15, -0.1) is 0 Å². The summed E-state index contributed by atoms with van der Waals surface area (Å²) in [6.07, 6.45) is 4.43. The lowest BCUT2D eigenvalue weighted by Crippen LogP contribution is -2.54. The number of likely N-dealkylation sites (tertiary alicyclic amines) is 1. The fourth-order valence-electron chi connectivity index (χ4n) is 3.84. The van der Waals surface area contributed by atoms with E-state index in [0.29, 0.717) is 26.3 Å². The summed E-state index contributed by atoms with van der Waals surface area (Å²) in [5.74, 6) is -0.165. The third-order valence-corrected chi connectivity index (χ3v) is 5.53. The molecule has 0 radical (unpaired) electrons. The number of amides is 1. The van der Waals surface area contributed by atoms with E-state index in [4.69, 9.17) is 9.47 Å². The molecule has 0 bridgehead atoms. The van der Waals surface area contributed by atoms with Gasteiger partial charge in [-0.2, -0.15) is 0 Å². The van der Waals surface area contributed by atoms with E-state index in [-0.39, 0.29) is 28.5 Å². The van der Waals surface area contributed by atoms with Crippen molar-refractivity contribution in [2.45, 2.75) is 38.7 Å². The minimum atomic E-state index is -0.301. The van der Waals surface area contributed by atoms with Crippen LogP contribution in [0.1, 0.15) is 41.7 Å². The minimum Gasteiger partial charge on any atom is -0.382 e. The molecule has 24 heavy (non-hydrogen) atoms. The smallest absolute Gasteiger partial charge is 0.260 e. The van der Waals surface area contributed by atoms with E-state index in [1.807, 2.05) is 0 Å². The van der Waals surface area contributed by atoms with Crippen molar-refractivity contribution < 1.29 is 14.3 Å². The number of nitrogens with zero attached hydrogens (tertiary/aromatic N) is 1. The maximum Gasteiger partial charge on any atom is 0.260 e. The Morgan fingerprint density at radius 2 is 2.04 bits per heavy atom.